The summed E-state index contributed by atoms with van der Waals surface area (Å²) in [5.41, 5.74) is 5.23. The highest BCUT2D eigenvalue weighted by Gasteiger charge is 2.21. The number of nitrogens with two attached hydrogens (primary N) is 1. The van der Waals surface area contributed by atoms with Crippen molar-refractivity contribution in [3.63, 3.8) is 0 Å². The van der Waals surface area contributed by atoms with E-state index in [1.165, 1.54) is 13.2 Å². The van der Waals surface area contributed by atoms with Gasteiger partial charge in [0.25, 0.3) is 5.56 Å². The van der Waals surface area contributed by atoms with Crippen LogP contribution in [0, 0.1) is 22.7 Å². The molecule has 0 aliphatic heterocycles. The van der Waals surface area contributed by atoms with Crippen LogP contribution in [0.5, 0.6) is 5.75 Å². The number of nitrogens with one attached hydrogen (secondary N) is 1. The Balaban J connectivity index is 3.00. The van der Waals surface area contributed by atoms with Crippen molar-refractivity contribution in [1.29, 1.82) is 10.5 Å². The maximum atomic E-state index is 11.9. The first-order valence-corrected chi connectivity index (χ1v) is 6.11. The fourth-order valence-corrected chi connectivity index (χ4v) is 2.16. The largest absolute Gasteiger partial charge is 0.496 e. The highest BCUT2D eigenvalue weighted by molar-refractivity contribution is 6.31. The lowest BCUT2D eigenvalue weighted by Crippen LogP contribution is -2.16. The minimum absolute atomic E-state index is 0.00767. The number of benzene rings is 1. The van der Waals surface area contributed by atoms with Crippen LogP contribution in [0.25, 0.3) is 11.1 Å². The Kier molecular flexibility index (Phi) is 3.84. The number of methoxy groups -OCH3 is 1. The summed E-state index contributed by atoms with van der Waals surface area (Å²) < 4.78 is 5.20. The summed E-state index contributed by atoms with van der Waals surface area (Å²) >= 11 is 5.96. The van der Waals surface area contributed by atoms with Crippen LogP contribution in [0.2, 0.25) is 5.02 Å². The first kappa shape index (κ1) is 14.4. The first-order chi connectivity index (χ1) is 10.0. The van der Waals surface area contributed by atoms with Gasteiger partial charge in [0.15, 0.2) is 0 Å². The third kappa shape index (κ3) is 2.40. The van der Waals surface area contributed by atoms with E-state index in [1.807, 2.05) is 6.07 Å². The number of hydrogen-bond acceptors (Lipinski definition) is 5. The summed E-state index contributed by atoms with van der Waals surface area (Å²) in [6.45, 7) is 0. The lowest BCUT2D eigenvalue weighted by atomic mass is 9.96. The number of rotatable bonds is 2. The van der Waals surface area contributed by atoms with Gasteiger partial charge in [0, 0.05) is 16.1 Å². The lowest BCUT2D eigenvalue weighted by Gasteiger charge is -2.12. The molecule has 0 spiro atoms. The van der Waals surface area contributed by atoms with E-state index < -0.39 is 5.56 Å². The van der Waals surface area contributed by atoms with Crippen LogP contribution in [0.1, 0.15) is 11.1 Å². The number of H-pyrrole nitrogens is 1. The molecule has 1 heterocycles. The van der Waals surface area contributed by atoms with Gasteiger partial charge in [0.1, 0.15) is 34.8 Å². The number of nitriles is 2. The van der Waals surface area contributed by atoms with Gasteiger partial charge in [-0.2, -0.15) is 10.5 Å². The van der Waals surface area contributed by atoms with Crippen molar-refractivity contribution in [2.75, 3.05) is 12.8 Å². The van der Waals surface area contributed by atoms with E-state index in [0.29, 0.717) is 16.3 Å². The second kappa shape index (κ2) is 5.58. The van der Waals surface area contributed by atoms with Crippen LogP contribution in [-0.4, -0.2) is 12.1 Å². The quantitative estimate of drug-likeness (QED) is 0.880. The third-order valence-electron chi connectivity index (χ3n) is 2.90. The van der Waals surface area contributed by atoms with Crippen LogP contribution in [0.4, 0.5) is 5.82 Å². The van der Waals surface area contributed by atoms with E-state index in [0.717, 1.165) is 0 Å². The van der Waals surface area contributed by atoms with Crippen molar-refractivity contribution >= 4 is 17.4 Å². The minimum atomic E-state index is -0.675. The number of ether oxygens (including phenoxy) is 1. The third-order valence-corrected chi connectivity index (χ3v) is 3.13. The summed E-state index contributed by atoms with van der Waals surface area (Å²) in [5, 5.41) is 18.9. The number of aromatic amines is 1. The Morgan fingerprint density at radius 1 is 1.29 bits per heavy atom. The Morgan fingerprint density at radius 3 is 2.52 bits per heavy atom. The van der Waals surface area contributed by atoms with Gasteiger partial charge in [-0.15, -0.1) is 0 Å². The van der Waals surface area contributed by atoms with Crippen LogP contribution >= 0.6 is 11.6 Å². The van der Waals surface area contributed by atoms with Crippen molar-refractivity contribution in [2.45, 2.75) is 0 Å². The Morgan fingerprint density at radius 2 is 1.95 bits per heavy atom. The van der Waals surface area contributed by atoms with E-state index in [4.69, 9.17) is 22.1 Å². The molecular formula is C14H9ClN4O2. The number of pyridine rings is 1. The molecule has 6 nitrogen and oxygen atoms in total. The topological polar surface area (TPSA) is 116 Å². The smallest absolute Gasteiger partial charge is 0.268 e. The number of nitrogens with zero attached hydrogens (tertiary/aromatic N) is 2. The predicted octanol–water partition coefficient (Wildman–Crippen LogP) is 2.03. The number of halogens is 1. The van der Waals surface area contributed by atoms with Gasteiger partial charge in [-0.3, -0.25) is 4.79 Å². The summed E-state index contributed by atoms with van der Waals surface area (Å²) in [5.74, 6) is 0.260. The van der Waals surface area contributed by atoms with Gasteiger partial charge in [-0.25, -0.2) is 0 Å². The molecule has 0 amide bonds. The number of nitrogen functional groups attached to an aromatic ring is 1. The molecule has 0 aliphatic carbocycles. The molecule has 2 rings (SSSR count). The van der Waals surface area contributed by atoms with E-state index in [2.05, 4.69) is 4.98 Å². The zero-order valence-corrected chi connectivity index (χ0v) is 11.7. The van der Waals surface area contributed by atoms with Gasteiger partial charge in [-0.1, -0.05) is 11.6 Å². The molecule has 21 heavy (non-hydrogen) atoms. The van der Waals surface area contributed by atoms with Crippen LogP contribution in [0.3, 0.4) is 0 Å². The van der Waals surface area contributed by atoms with E-state index >= 15 is 0 Å². The van der Waals surface area contributed by atoms with Crippen molar-refractivity contribution in [1.82, 2.24) is 4.98 Å². The molecule has 3 N–H and O–H groups in total. The summed E-state index contributed by atoms with van der Waals surface area (Å²) in [6.07, 6.45) is 0. The van der Waals surface area contributed by atoms with E-state index in [9.17, 15) is 15.3 Å². The first-order valence-electron chi connectivity index (χ1n) is 5.73. The fourth-order valence-electron chi connectivity index (χ4n) is 1.99. The summed E-state index contributed by atoms with van der Waals surface area (Å²) in [7, 11) is 1.43. The second-order valence-corrected chi connectivity index (χ2v) is 4.50. The molecule has 0 bridgehead atoms. The van der Waals surface area contributed by atoms with Gasteiger partial charge >= 0.3 is 0 Å². The molecular weight excluding hydrogens is 292 g/mol. The standard InChI is InChI=1S/C14H9ClN4O2/c1-21-11-3-2-7(15)4-8(11)12-9(5-16)13(18)19-14(20)10(12)6-17/h2-4H,1H3,(H3,18,19,20). The maximum Gasteiger partial charge on any atom is 0.268 e. The van der Waals surface area contributed by atoms with E-state index in [1.54, 1.807) is 18.2 Å². The number of aromatic nitrogens is 1. The second-order valence-electron chi connectivity index (χ2n) is 4.06. The zero-order valence-electron chi connectivity index (χ0n) is 10.9. The predicted molar refractivity (Wildman–Crippen MR) is 77.9 cm³/mol. The molecule has 0 fully saturated rings. The van der Waals surface area contributed by atoms with Crippen LogP contribution in [0.15, 0.2) is 23.0 Å². The normalized spacial score (nSPS) is 9.71. The molecule has 7 heteroatoms. The van der Waals surface area contributed by atoms with Gasteiger partial charge in [0.2, 0.25) is 0 Å². The molecule has 104 valence electrons. The van der Waals surface area contributed by atoms with Gasteiger partial charge in [-0.05, 0) is 18.2 Å². The Bertz CT molecular complexity index is 859. The lowest BCUT2D eigenvalue weighted by molar-refractivity contribution is 0.416. The molecule has 0 atom stereocenters. The van der Waals surface area contributed by atoms with Crippen molar-refractivity contribution in [3.8, 4) is 29.0 Å². The van der Waals surface area contributed by atoms with Gasteiger partial charge in [0.05, 0.1) is 7.11 Å². The highest BCUT2D eigenvalue weighted by Crippen LogP contribution is 2.36. The van der Waals surface area contributed by atoms with E-state index in [-0.39, 0.29) is 22.5 Å². The average Bonchev–Trinajstić information content (AvgIpc) is 2.46. The van der Waals surface area contributed by atoms with Crippen molar-refractivity contribution < 1.29 is 4.74 Å². The van der Waals surface area contributed by atoms with Gasteiger partial charge < -0.3 is 15.5 Å². The van der Waals surface area contributed by atoms with Crippen molar-refractivity contribution in [3.05, 3.63) is 44.7 Å². The number of anilines is 1. The minimum Gasteiger partial charge on any atom is -0.496 e. The molecule has 2 aromatic rings. The fraction of sp³-hybridized carbons (Fsp3) is 0.0714. The van der Waals surface area contributed by atoms with Crippen LogP contribution in [-0.2, 0) is 0 Å². The average molecular weight is 301 g/mol. The maximum absolute atomic E-state index is 11.9. The molecule has 0 saturated carbocycles. The Hall–Kier alpha value is -2.96. The SMILES string of the molecule is COc1ccc(Cl)cc1-c1c(C#N)c(N)[nH]c(=O)c1C#N. The zero-order chi connectivity index (χ0) is 15.6. The Labute approximate surface area is 125 Å². The molecule has 0 saturated heterocycles. The van der Waals surface area contributed by atoms with Crippen LogP contribution < -0.4 is 16.0 Å². The molecule has 0 aliphatic rings. The molecule has 0 unspecified atom stereocenters. The molecule has 1 aromatic heterocycles. The summed E-state index contributed by atoms with van der Waals surface area (Å²) in [6, 6.07) is 8.36. The van der Waals surface area contributed by atoms with Crippen molar-refractivity contribution in [2.24, 2.45) is 0 Å². The molecule has 0 radical (unpaired) electrons. The molecule has 1 aromatic carbocycles. The highest BCUT2D eigenvalue weighted by atomic mass is 35.5. The number of hydrogen-bond donors (Lipinski definition) is 2. The summed E-state index contributed by atoms with van der Waals surface area (Å²) in [4.78, 5) is 14.2. The monoisotopic (exact) mass is 300 g/mol.